The van der Waals surface area contributed by atoms with Gasteiger partial charge in [-0.1, -0.05) is 11.6 Å². The Bertz CT molecular complexity index is 870. The van der Waals surface area contributed by atoms with E-state index < -0.39 is 0 Å². The zero-order valence-electron chi connectivity index (χ0n) is 10.9. The van der Waals surface area contributed by atoms with Crippen molar-refractivity contribution in [2.75, 3.05) is 5.75 Å². The largest absolute Gasteiger partial charge is 0.412 e. The third-order valence-corrected chi connectivity index (χ3v) is 4.82. The lowest BCUT2D eigenvalue weighted by atomic mass is 10.2. The standard InChI is InChI=1S/C14H10ClN3OS.H2O/c15-8-1-3-9(4-2-8)18-14(19)10-7-16-11-5-6-20-13(11)12(10)17-18;/h1-4,7,17H,5-6H2;1H2. The third-order valence-electron chi connectivity index (χ3n) is 3.44. The van der Waals surface area contributed by atoms with Crippen LogP contribution in [0.25, 0.3) is 16.6 Å². The SMILES string of the molecule is O.O=c1c2cnc3c(c2[nH]n1-c1ccc(Cl)cc1)SCC3. The van der Waals surface area contributed by atoms with Crippen molar-refractivity contribution >= 4 is 34.3 Å². The highest BCUT2D eigenvalue weighted by Crippen LogP contribution is 2.34. The number of aromatic nitrogens is 3. The fourth-order valence-electron chi connectivity index (χ4n) is 2.44. The van der Waals surface area contributed by atoms with Crippen molar-refractivity contribution in [1.29, 1.82) is 0 Å². The molecule has 21 heavy (non-hydrogen) atoms. The van der Waals surface area contributed by atoms with Gasteiger partial charge in [-0.2, -0.15) is 0 Å². The first kappa shape index (κ1) is 14.2. The summed E-state index contributed by atoms with van der Waals surface area (Å²) in [5.74, 6) is 1.02. The second-order valence-electron chi connectivity index (χ2n) is 4.65. The van der Waals surface area contributed by atoms with Crippen LogP contribution in [0, 0.1) is 0 Å². The van der Waals surface area contributed by atoms with E-state index in [1.165, 1.54) is 0 Å². The number of H-pyrrole nitrogens is 1. The Hall–Kier alpha value is -1.76. The highest BCUT2D eigenvalue weighted by Gasteiger charge is 2.20. The van der Waals surface area contributed by atoms with Gasteiger partial charge in [0.15, 0.2) is 0 Å². The lowest BCUT2D eigenvalue weighted by Crippen LogP contribution is -2.14. The quantitative estimate of drug-likeness (QED) is 0.745. The predicted molar refractivity (Wildman–Crippen MR) is 84.7 cm³/mol. The summed E-state index contributed by atoms with van der Waals surface area (Å²) in [6.07, 6.45) is 2.63. The number of thioether (sulfide) groups is 1. The number of aryl methyl sites for hydroxylation is 1. The summed E-state index contributed by atoms with van der Waals surface area (Å²) >= 11 is 7.63. The van der Waals surface area contributed by atoms with Crippen LogP contribution >= 0.6 is 23.4 Å². The monoisotopic (exact) mass is 321 g/mol. The first-order valence-electron chi connectivity index (χ1n) is 6.25. The Kier molecular flexibility index (Phi) is 3.52. The smallest absolute Gasteiger partial charge is 0.280 e. The Balaban J connectivity index is 0.00000132. The highest BCUT2D eigenvalue weighted by molar-refractivity contribution is 7.99. The lowest BCUT2D eigenvalue weighted by molar-refractivity contribution is 0.824. The zero-order valence-corrected chi connectivity index (χ0v) is 12.5. The molecule has 108 valence electrons. The molecule has 0 saturated carbocycles. The summed E-state index contributed by atoms with van der Waals surface area (Å²) < 4.78 is 1.54. The molecule has 2 aromatic heterocycles. The van der Waals surface area contributed by atoms with Crippen LogP contribution in [0.3, 0.4) is 0 Å². The molecule has 0 unspecified atom stereocenters. The maximum atomic E-state index is 12.5. The van der Waals surface area contributed by atoms with E-state index in [0.29, 0.717) is 10.4 Å². The van der Waals surface area contributed by atoms with Crippen LogP contribution in [0.15, 0.2) is 40.2 Å². The first-order chi connectivity index (χ1) is 9.74. The lowest BCUT2D eigenvalue weighted by Gasteiger charge is -2.01. The molecule has 1 aromatic carbocycles. The summed E-state index contributed by atoms with van der Waals surface area (Å²) in [4.78, 5) is 18.0. The molecule has 3 N–H and O–H groups in total. The molecule has 0 atom stereocenters. The summed E-state index contributed by atoms with van der Waals surface area (Å²) in [5, 5.41) is 4.48. The van der Waals surface area contributed by atoms with Crippen molar-refractivity contribution in [2.45, 2.75) is 11.3 Å². The summed E-state index contributed by atoms with van der Waals surface area (Å²) in [5.41, 5.74) is 2.65. The molecule has 5 nitrogen and oxygen atoms in total. The van der Waals surface area contributed by atoms with Gasteiger partial charge in [-0.15, -0.1) is 11.8 Å². The van der Waals surface area contributed by atoms with E-state index in [4.69, 9.17) is 11.6 Å². The molecule has 0 saturated heterocycles. The number of nitrogens with one attached hydrogen (secondary N) is 1. The first-order valence-corrected chi connectivity index (χ1v) is 7.62. The van der Waals surface area contributed by atoms with Crippen molar-refractivity contribution in [1.82, 2.24) is 14.8 Å². The molecule has 1 aliphatic heterocycles. The Morgan fingerprint density at radius 1 is 1.29 bits per heavy atom. The van der Waals surface area contributed by atoms with Crippen LogP contribution in [0.1, 0.15) is 5.69 Å². The van der Waals surface area contributed by atoms with Gasteiger partial charge in [-0.3, -0.25) is 14.9 Å². The number of aromatic amines is 1. The molecule has 0 amide bonds. The van der Waals surface area contributed by atoms with Crippen LogP contribution in [0.2, 0.25) is 5.02 Å². The van der Waals surface area contributed by atoms with Crippen molar-refractivity contribution in [3.63, 3.8) is 0 Å². The van der Waals surface area contributed by atoms with Crippen LogP contribution in [0.5, 0.6) is 0 Å². The molecule has 3 heterocycles. The zero-order chi connectivity index (χ0) is 13.7. The van der Waals surface area contributed by atoms with Gasteiger partial charge in [0.1, 0.15) is 0 Å². The van der Waals surface area contributed by atoms with Crippen molar-refractivity contribution < 1.29 is 5.48 Å². The van der Waals surface area contributed by atoms with Gasteiger partial charge in [-0.25, -0.2) is 4.68 Å². The Morgan fingerprint density at radius 3 is 2.81 bits per heavy atom. The Labute approximate surface area is 129 Å². The van der Waals surface area contributed by atoms with Crippen molar-refractivity contribution in [3.8, 4) is 5.69 Å². The van der Waals surface area contributed by atoms with Crippen LogP contribution in [-0.4, -0.2) is 26.0 Å². The number of nitrogens with zero attached hydrogens (tertiary/aromatic N) is 2. The molecule has 0 aliphatic carbocycles. The molecule has 0 fully saturated rings. The minimum atomic E-state index is -0.0786. The summed E-state index contributed by atoms with van der Waals surface area (Å²) in [6, 6.07) is 7.18. The topological polar surface area (TPSA) is 82.2 Å². The fraction of sp³-hybridized carbons (Fsp3) is 0.143. The number of halogens is 1. The van der Waals surface area contributed by atoms with Gasteiger partial charge in [-0.05, 0) is 24.3 Å². The Morgan fingerprint density at radius 2 is 2.05 bits per heavy atom. The number of fused-ring (bicyclic) bond motifs is 3. The van der Waals surface area contributed by atoms with Gasteiger partial charge in [0.2, 0.25) is 0 Å². The maximum Gasteiger partial charge on any atom is 0.280 e. The molecule has 4 rings (SSSR count). The molecule has 0 spiro atoms. The van der Waals surface area contributed by atoms with Gasteiger partial charge in [0.05, 0.1) is 27.2 Å². The number of pyridine rings is 1. The molecule has 7 heteroatoms. The molecule has 0 radical (unpaired) electrons. The minimum Gasteiger partial charge on any atom is -0.412 e. The third kappa shape index (κ3) is 2.16. The number of hydrogen-bond donors (Lipinski definition) is 1. The van der Waals surface area contributed by atoms with E-state index in [9.17, 15) is 4.79 Å². The highest BCUT2D eigenvalue weighted by atomic mass is 35.5. The summed E-state index contributed by atoms with van der Waals surface area (Å²) in [7, 11) is 0. The van der Waals surface area contributed by atoms with E-state index in [0.717, 1.165) is 34.0 Å². The fourth-order valence-corrected chi connectivity index (χ4v) is 3.69. The molecule has 0 bridgehead atoms. The van der Waals surface area contributed by atoms with Crippen molar-refractivity contribution in [3.05, 3.63) is 51.5 Å². The molecular weight excluding hydrogens is 310 g/mol. The number of rotatable bonds is 1. The van der Waals surface area contributed by atoms with Crippen LogP contribution in [-0.2, 0) is 6.42 Å². The second-order valence-corrected chi connectivity index (χ2v) is 6.19. The van der Waals surface area contributed by atoms with E-state index in [1.54, 1.807) is 34.8 Å². The van der Waals surface area contributed by atoms with Gasteiger partial charge >= 0.3 is 0 Å². The van der Waals surface area contributed by atoms with E-state index in [1.807, 2.05) is 12.1 Å². The average molecular weight is 322 g/mol. The van der Waals surface area contributed by atoms with E-state index >= 15 is 0 Å². The maximum absolute atomic E-state index is 12.5. The number of hydrogen-bond acceptors (Lipinski definition) is 3. The molecule has 3 aromatic rings. The predicted octanol–water partition coefficient (Wildman–Crippen LogP) is 2.19. The summed E-state index contributed by atoms with van der Waals surface area (Å²) in [6.45, 7) is 0. The van der Waals surface area contributed by atoms with Crippen LogP contribution < -0.4 is 5.56 Å². The molecular formula is C14H12ClN3O2S. The molecule has 1 aliphatic rings. The second kappa shape index (κ2) is 5.22. The van der Waals surface area contributed by atoms with E-state index in [-0.39, 0.29) is 11.0 Å². The van der Waals surface area contributed by atoms with Crippen molar-refractivity contribution in [2.24, 2.45) is 0 Å². The number of benzene rings is 1. The van der Waals surface area contributed by atoms with E-state index in [2.05, 4.69) is 10.1 Å². The van der Waals surface area contributed by atoms with Gasteiger partial charge in [0, 0.05) is 23.4 Å². The minimum absolute atomic E-state index is 0. The average Bonchev–Trinajstić information content (AvgIpc) is 3.04. The normalized spacial score (nSPS) is 13.2. The van der Waals surface area contributed by atoms with Crippen LogP contribution in [0.4, 0.5) is 0 Å². The van der Waals surface area contributed by atoms with Gasteiger partial charge < -0.3 is 5.48 Å². The van der Waals surface area contributed by atoms with Gasteiger partial charge in [0.25, 0.3) is 5.56 Å².